The average molecular weight is 289 g/mol. The molecule has 21 heavy (non-hydrogen) atoms. The van der Waals surface area contributed by atoms with Crippen LogP contribution in [0, 0.1) is 0 Å². The third-order valence-corrected chi connectivity index (χ3v) is 3.84. The maximum absolute atomic E-state index is 11.7. The Labute approximate surface area is 125 Å². The van der Waals surface area contributed by atoms with E-state index in [1.807, 2.05) is 17.0 Å². The van der Waals surface area contributed by atoms with E-state index >= 15 is 0 Å². The Morgan fingerprint density at radius 3 is 2.90 bits per heavy atom. The molecule has 5 nitrogen and oxygen atoms in total. The molecule has 0 spiro atoms. The monoisotopic (exact) mass is 289 g/mol. The topological polar surface area (TPSA) is 81.6 Å². The zero-order valence-corrected chi connectivity index (χ0v) is 12.5. The predicted octanol–water partition coefficient (Wildman–Crippen LogP) is 1.98. The van der Waals surface area contributed by atoms with Crippen LogP contribution in [0.5, 0.6) is 5.75 Å². The van der Waals surface area contributed by atoms with Crippen LogP contribution >= 0.6 is 0 Å². The number of piperidine rings is 1. The molecule has 1 atom stereocenters. The molecule has 2 rings (SSSR count). The molecule has 1 amide bonds. The summed E-state index contributed by atoms with van der Waals surface area (Å²) in [6, 6.07) is 5.52. The van der Waals surface area contributed by atoms with Gasteiger partial charge in [0.25, 0.3) is 0 Å². The highest BCUT2D eigenvalue weighted by Gasteiger charge is 2.25. The molecular formula is C16H23N3O2. The lowest BCUT2D eigenvalue weighted by Crippen LogP contribution is -2.45. The van der Waals surface area contributed by atoms with Crippen LogP contribution in [-0.2, 0) is 4.79 Å². The van der Waals surface area contributed by atoms with Crippen LogP contribution in [0.3, 0.4) is 0 Å². The first kappa shape index (κ1) is 15.2. The van der Waals surface area contributed by atoms with Crippen LogP contribution in [0.15, 0.2) is 24.8 Å². The molecule has 1 aromatic rings. The molecule has 4 N–H and O–H groups in total. The van der Waals surface area contributed by atoms with Crippen molar-refractivity contribution in [1.29, 1.82) is 0 Å². The highest BCUT2D eigenvalue weighted by atomic mass is 16.5. The summed E-state index contributed by atoms with van der Waals surface area (Å²) < 4.78 is 5.88. The lowest BCUT2D eigenvalue weighted by molar-refractivity contribution is -0.133. The first-order chi connectivity index (χ1) is 10.0. The van der Waals surface area contributed by atoms with Crippen LogP contribution in [0.4, 0.5) is 5.69 Å². The number of rotatable bonds is 4. The fraction of sp³-hybridized carbons (Fsp3) is 0.438. The molecule has 0 radical (unpaired) electrons. The summed E-state index contributed by atoms with van der Waals surface area (Å²) in [6.45, 7) is 6.59. The smallest absolute Gasteiger partial charge is 0.219 e. The second-order valence-electron chi connectivity index (χ2n) is 5.42. The van der Waals surface area contributed by atoms with Gasteiger partial charge in [-0.2, -0.15) is 0 Å². The first-order valence-corrected chi connectivity index (χ1v) is 7.24. The summed E-state index contributed by atoms with van der Waals surface area (Å²) in [5, 5.41) is 0. The molecule has 0 saturated carbocycles. The number of nitrogen functional groups attached to an aromatic ring is 1. The fourth-order valence-electron chi connectivity index (χ4n) is 2.79. The van der Waals surface area contributed by atoms with E-state index in [9.17, 15) is 4.79 Å². The van der Waals surface area contributed by atoms with Crippen molar-refractivity contribution in [2.24, 2.45) is 5.73 Å². The number of nitrogens with two attached hydrogens (primary N) is 2. The SMILES string of the molecule is C=C(N)c1c(N)cccc1OC[C@H]1CCCCN1C(C)=O. The number of carbonyl (C=O) groups is 1. The molecule has 0 aromatic heterocycles. The van der Waals surface area contributed by atoms with Gasteiger partial charge in [0.05, 0.1) is 11.6 Å². The molecule has 0 aliphatic carbocycles. The summed E-state index contributed by atoms with van der Waals surface area (Å²) in [5.74, 6) is 0.718. The van der Waals surface area contributed by atoms with E-state index in [0.717, 1.165) is 25.8 Å². The molecule has 0 bridgehead atoms. The molecule has 114 valence electrons. The predicted molar refractivity (Wildman–Crippen MR) is 84.6 cm³/mol. The van der Waals surface area contributed by atoms with Gasteiger partial charge in [0.1, 0.15) is 12.4 Å². The minimum absolute atomic E-state index is 0.0966. The van der Waals surface area contributed by atoms with Crippen molar-refractivity contribution in [3.63, 3.8) is 0 Å². The molecule has 1 heterocycles. The number of anilines is 1. The van der Waals surface area contributed by atoms with Crippen molar-refractivity contribution in [2.75, 3.05) is 18.9 Å². The minimum Gasteiger partial charge on any atom is -0.491 e. The van der Waals surface area contributed by atoms with E-state index in [1.54, 1.807) is 13.0 Å². The van der Waals surface area contributed by atoms with E-state index < -0.39 is 0 Å². The Hall–Kier alpha value is -2.17. The number of hydrogen-bond donors (Lipinski definition) is 2. The van der Waals surface area contributed by atoms with Crippen molar-refractivity contribution < 1.29 is 9.53 Å². The van der Waals surface area contributed by atoms with Gasteiger partial charge in [-0.05, 0) is 31.4 Å². The Morgan fingerprint density at radius 2 is 2.24 bits per heavy atom. The van der Waals surface area contributed by atoms with E-state index in [4.69, 9.17) is 16.2 Å². The zero-order chi connectivity index (χ0) is 15.4. The van der Waals surface area contributed by atoms with Gasteiger partial charge in [-0.1, -0.05) is 12.6 Å². The van der Waals surface area contributed by atoms with Crippen molar-refractivity contribution >= 4 is 17.3 Å². The largest absolute Gasteiger partial charge is 0.491 e. The van der Waals surface area contributed by atoms with Gasteiger partial charge in [0.15, 0.2) is 0 Å². The third-order valence-electron chi connectivity index (χ3n) is 3.84. The number of nitrogens with zero attached hydrogens (tertiary/aromatic N) is 1. The third kappa shape index (κ3) is 3.48. The van der Waals surface area contributed by atoms with E-state index in [0.29, 0.717) is 29.3 Å². The number of hydrogen-bond acceptors (Lipinski definition) is 4. The van der Waals surface area contributed by atoms with Crippen LogP contribution in [-0.4, -0.2) is 30.0 Å². The Balaban J connectivity index is 2.10. The van der Waals surface area contributed by atoms with Crippen molar-refractivity contribution in [2.45, 2.75) is 32.2 Å². The lowest BCUT2D eigenvalue weighted by Gasteiger charge is -2.35. The van der Waals surface area contributed by atoms with E-state index in [1.165, 1.54) is 0 Å². The Bertz CT molecular complexity index is 542. The van der Waals surface area contributed by atoms with Gasteiger partial charge in [-0.15, -0.1) is 0 Å². The lowest BCUT2D eigenvalue weighted by atomic mass is 10.0. The maximum Gasteiger partial charge on any atom is 0.219 e. The van der Waals surface area contributed by atoms with Crippen LogP contribution < -0.4 is 16.2 Å². The second-order valence-corrected chi connectivity index (χ2v) is 5.42. The van der Waals surface area contributed by atoms with Gasteiger partial charge >= 0.3 is 0 Å². The van der Waals surface area contributed by atoms with E-state index in [2.05, 4.69) is 6.58 Å². The average Bonchev–Trinajstić information content (AvgIpc) is 2.44. The second kappa shape index (κ2) is 6.52. The van der Waals surface area contributed by atoms with Gasteiger partial charge in [-0.3, -0.25) is 4.79 Å². The maximum atomic E-state index is 11.7. The standard InChI is InChI=1S/C16H23N3O2/c1-11(17)16-14(18)7-5-8-15(16)21-10-13-6-3-4-9-19(13)12(2)20/h5,7-8,13H,1,3-4,6,9-10,17-18H2,2H3/t13-/m1/s1. The first-order valence-electron chi connectivity index (χ1n) is 7.24. The highest BCUT2D eigenvalue weighted by Crippen LogP contribution is 2.29. The quantitative estimate of drug-likeness (QED) is 0.830. The zero-order valence-electron chi connectivity index (χ0n) is 12.5. The summed E-state index contributed by atoms with van der Waals surface area (Å²) in [5.41, 5.74) is 13.3. The summed E-state index contributed by atoms with van der Waals surface area (Å²) in [4.78, 5) is 13.5. The van der Waals surface area contributed by atoms with Crippen molar-refractivity contribution in [3.8, 4) is 5.75 Å². The number of benzene rings is 1. The van der Waals surface area contributed by atoms with Gasteiger partial charge in [0.2, 0.25) is 5.91 Å². The Kier molecular flexibility index (Phi) is 4.73. The van der Waals surface area contributed by atoms with Crippen molar-refractivity contribution in [1.82, 2.24) is 4.90 Å². The molecule has 0 unspecified atom stereocenters. The number of ether oxygens (including phenoxy) is 1. The molecule has 5 heteroatoms. The molecule has 1 fully saturated rings. The minimum atomic E-state index is 0.0966. The molecule has 1 aliphatic heterocycles. The van der Waals surface area contributed by atoms with Crippen LogP contribution in [0.1, 0.15) is 31.7 Å². The van der Waals surface area contributed by atoms with Gasteiger partial charge < -0.3 is 21.1 Å². The molecule has 1 aliphatic rings. The van der Waals surface area contributed by atoms with Crippen molar-refractivity contribution in [3.05, 3.63) is 30.3 Å². The molecule has 1 saturated heterocycles. The van der Waals surface area contributed by atoms with Gasteiger partial charge in [0, 0.05) is 24.9 Å². The molecular weight excluding hydrogens is 266 g/mol. The van der Waals surface area contributed by atoms with E-state index in [-0.39, 0.29) is 11.9 Å². The molecule has 1 aromatic carbocycles. The van der Waals surface area contributed by atoms with Crippen LogP contribution in [0.25, 0.3) is 5.70 Å². The summed E-state index contributed by atoms with van der Waals surface area (Å²) >= 11 is 0. The summed E-state index contributed by atoms with van der Waals surface area (Å²) in [6.07, 6.45) is 3.13. The summed E-state index contributed by atoms with van der Waals surface area (Å²) in [7, 11) is 0. The van der Waals surface area contributed by atoms with Crippen LogP contribution in [0.2, 0.25) is 0 Å². The fourth-order valence-corrected chi connectivity index (χ4v) is 2.79. The highest BCUT2D eigenvalue weighted by molar-refractivity contribution is 5.76. The number of carbonyl (C=O) groups excluding carboxylic acids is 1. The number of likely N-dealkylation sites (tertiary alicyclic amines) is 1. The number of amides is 1. The normalized spacial score (nSPS) is 18.3. The Morgan fingerprint density at radius 1 is 1.48 bits per heavy atom. The van der Waals surface area contributed by atoms with Gasteiger partial charge in [-0.25, -0.2) is 0 Å².